The Morgan fingerprint density at radius 2 is 1.90 bits per heavy atom. The van der Waals surface area contributed by atoms with Gasteiger partial charge in [-0.25, -0.2) is 14.2 Å². The summed E-state index contributed by atoms with van der Waals surface area (Å²) >= 11 is 0. The van der Waals surface area contributed by atoms with Gasteiger partial charge in [0.2, 0.25) is 5.89 Å². The van der Waals surface area contributed by atoms with Gasteiger partial charge in [-0.3, -0.25) is 4.79 Å². The van der Waals surface area contributed by atoms with Crippen LogP contribution in [0.25, 0.3) is 22.0 Å². The molecule has 0 atom stereocenters. The molecule has 206 valence electrons. The number of aryl methyl sites for hydroxylation is 1. The summed E-state index contributed by atoms with van der Waals surface area (Å²) in [4.78, 5) is 37.1. The molecule has 0 unspecified atom stereocenters. The van der Waals surface area contributed by atoms with Gasteiger partial charge in [0.1, 0.15) is 17.7 Å². The summed E-state index contributed by atoms with van der Waals surface area (Å²) in [5.74, 6) is -0.741. The van der Waals surface area contributed by atoms with Crippen LogP contribution < -0.4 is 10.2 Å². The first-order valence-corrected chi connectivity index (χ1v) is 12.8. The lowest BCUT2D eigenvalue weighted by atomic mass is 10.1. The van der Waals surface area contributed by atoms with Crippen molar-refractivity contribution in [1.82, 2.24) is 14.9 Å². The van der Waals surface area contributed by atoms with E-state index in [2.05, 4.69) is 20.2 Å². The van der Waals surface area contributed by atoms with E-state index in [4.69, 9.17) is 13.9 Å². The highest BCUT2D eigenvalue weighted by atomic mass is 19.1. The monoisotopic (exact) mass is 537 g/mol. The van der Waals surface area contributed by atoms with Crippen LogP contribution >= 0.6 is 0 Å². The molecule has 0 radical (unpaired) electrons. The Morgan fingerprint density at radius 1 is 1.15 bits per heavy atom. The quantitative estimate of drug-likeness (QED) is 0.359. The Morgan fingerprint density at radius 3 is 2.59 bits per heavy atom. The topological polar surface area (TPSA) is 113 Å². The van der Waals surface area contributed by atoms with E-state index in [9.17, 15) is 14.0 Å². The normalized spacial score (nSPS) is 14.3. The zero-order chi connectivity index (χ0) is 27.9. The van der Waals surface area contributed by atoms with Crippen molar-refractivity contribution in [3.8, 4) is 0 Å². The van der Waals surface area contributed by atoms with Gasteiger partial charge in [0.05, 0.1) is 11.1 Å². The molecule has 2 amide bonds. The minimum absolute atomic E-state index is 0.0820. The van der Waals surface area contributed by atoms with Crippen LogP contribution in [-0.4, -0.2) is 65.8 Å². The summed E-state index contributed by atoms with van der Waals surface area (Å²) in [7, 11) is 1.50. The fourth-order valence-corrected chi connectivity index (χ4v) is 4.75. The summed E-state index contributed by atoms with van der Waals surface area (Å²) in [6.45, 7) is 9.92. The van der Waals surface area contributed by atoms with E-state index in [1.165, 1.54) is 19.2 Å². The van der Waals surface area contributed by atoms with Crippen LogP contribution in [0.4, 0.5) is 20.6 Å². The second-order valence-corrected chi connectivity index (χ2v) is 10.6. The highest BCUT2D eigenvalue weighted by molar-refractivity contribution is 6.14. The number of halogens is 1. The van der Waals surface area contributed by atoms with E-state index in [1.54, 1.807) is 11.0 Å². The number of rotatable bonds is 5. The fraction of sp³-hybridized carbons (Fsp3) is 0.393. The van der Waals surface area contributed by atoms with Crippen molar-refractivity contribution >= 4 is 45.4 Å². The highest BCUT2D eigenvalue weighted by Gasteiger charge is 2.27. The lowest BCUT2D eigenvalue weighted by molar-refractivity contribution is 0.0240. The van der Waals surface area contributed by atoms with Crippen molar-refractivity contribution in [2.45, 2.75) is 39.9 Å². The Kier molecular flexibility index (Phi) is 6.94. The number of piperazine rings is 1. The van der Waals surface area contributed by atoms with Crippen LogP contribution in [0.3, 0.4) is 0 Å². The number of benzene rings is 2. The molecular formula is C28H32FN5O5. The number of ether oxygens (including phenoxy) is 2. The zero-order valence-electron chi connectivity index (χ0n) is 22.7. The van der Waals surface area contributed by atoms with Crippen LogP contribution in [0.1, 0.15) is 42.7 Å². The number of aromatic nitrogens is 2. The van der Waals surface area contributed by atoms with Crippen molar-refractivity contribution in [2.24, 2.45) is 0 Å². The van der Waals surface area contributed by atoms with Gasteiger partial charge in [0, 0.05) is 61.8 Å². The molecule has 3 heterocycles. The number of amides is 2. The summed E-state index contributed by atoms with van der Waals surface area (Å²) in [5.41, 5.74) is 2.99. The number of nitrogens with one attached hydrogen (secondary N) is 2. The average molecular weight is 538 g/mol. The van der Waals surface area contributed by atoms with Crippen LogP contribution in [0, 0.1) is 12.7 Å². The first-order chi connectivity index (χ1) is 18.5. The lowest BCUT2D eigenvalue weighted by Gasteiger charge is -2.37. The molecular weight excluding hydrogens is 505 g/mol. The molecule has 39 heavy (non-hydrogen) atoms. The van der Waals surface area contributed by atoms with Crippen molar-refractivity contribution in [2.75, 3.05) is 43.5 Å². The molecule has 2 N–H and O–H groups in total. The Balaban J connectivity index is 1.36. The number of oxazole rings is 1. The van der Waals surface area contributed by atoms with Gasteiger partial charge in [0.25, 0.3) is 5.91 Å². The molecule has 1 saturated heterocycles. The third-order valence-electron chi connectivity index (χ3n) is 6.44. The molecule has 0 spiro atoms. The Labute approximate surface area is 225 Å². The van der Waals surface area contributed by atoms with E-state index < -0.39 is 17.3 Å². The number of carbonyl (C=O) groups is 2. The predicted molar refractivity (Wildman–Crippen MR) is 146 cm³/mol. The van der Waals surface area contributed by atoms with Gasteiger partial charge in [-0.2, -0.15) is 0 Å². The number of hydrogen-bond donors (Lipinski definition) is 2. The second kappa shape index (κ2) is 10.2. The lowest BCUT2D eigenvalue weighted by Crippen LogP contribution is -2.50. The highest BCUT2D eigenvalue weighted by Crippen LogP contribution is 2.32. The minimum atomic E-state index is -0.601. The summed E-state index contributed by atoms with van der Waals surface area (Å²) in [6, 6.07) is 8.42. The van der Waals surface area contributed by atoms with Gasteiger partial charge in [0.15, 0.2) is 11.4 Å². The Hall–Kier alpha value is -4.12. The molecule has 10 nitrogen and oxygen atoms in total. The van der Waals surface area contributed by atoms with E-state index in [1.807, 2.05) is 39.8 Å². The van der Waals surface area contributed by atoms with E-state index in [0.717, 1.165) is 16.8 Å². The summed E-state index contributed by atoms with van der Waals surface area (Å²) in [6.07, 6.45) is -0.313. The molecule has 2 aromatic heterocycles. The number of carbonyl (C=O) groups excluding carboxylic acids is 2. The van der Waals surface area contributed by atoms with Crippen LogP contribution in [0.15, 0.2) is 34.7 Å². The number of nitrogens with zero attached hydrogens (tertiary/aromatic N) is 3. The summed E-state index contributed by atoms with van der Waals surface area (Å²) in [5, 5.41) is 3.68. The standard InChI is InChI=1S/C28H32FN5O5/c1-16-12-19-21(33-8-10-34(11-9-33)27(36)39-28(2,3)4)7-6-18(24(19)30-16)26(35)31-17-13-20(29)25-22(14-17)38-23(32-25)15-37-5/h6-7,12-14,30H,8-11,15H2,1-5H3,(H,31,35). The number of H-pyrrole nitrogens is 1. The number of anilines is 2. The molecule has 4 aromatic rings. The van der Waals surface area contributed by atoms with Crippen LogP contribution in [0.2, 0.25) is 0 Å². The molecule has 1 fully saturated rings. The molecule has 2 aromatic carbocycles. The summed E-state index contributed by atoms with van der Waals surface area (Å²) < 4.78 is 30.7. The average Bonchev–Trinajstić information content (AvgIpc) is 3.45. The molecule has 11 heteroatoms. The van der Waals surface area contributed by atoms with Gasteiger partial charge in [-0.05, 0) is 52.0 Å². The first kappa shape index (κ1) is 26.5. The smallest absolute Gasteiger partial charge is 0.410 e. The maximum Gasteiger partial charge on any atom is 0.410 e. The molecule has 1 aliphatic heterocycles. The van der Waals surface area contributed by atoms with Crippen molar-refractivity contribution in [1.29, 1.82) is 0 Å². The third kappa shape index (κ3) is 5.53. The van der Waals surface area contributed by atoms with E-state index >= 15 is 0 Å². The SMILES string of the molecule is COCc1nc2c(F)cc(NC(=O)c3ccc(N4CCN(C(=O)OC(C)(C)C)CC4)c4cc(C)[nH]c34)cc2o1. The van der Waals surface area contributed by atoms with E-state index in [0.29, 0.717) is 37.3 Å². The molecule has 0 bridgehead atoms. The Bertz CT molecular complexity index is 1550. The number of fused-ring (bicyclic) bond motifs is 2. The molecule has 5 rings (SSSR count). The first-order valence-electron chi connectivity index (χ1n) is 12.8. The maximum absolute atomic E-state index is 14.7. The van der Waals surface area contributed by atoms with Gasteiger partial charge < -0.3 is 34.0 Å². The fourth-order valence-electron chi connectivity index (χ4n) is 4.75. The third-order valence-corrected chi connectivity index (χ3v) is 6.44. The van der Waals surface area contributed by atoms with Gasteiger partial charge in [-0.15, -0.1) is 0 Å². The van der Waals surface area contributed by atoms with Crippen molar-refractivity contribution in [3.63, 3.8) is 0 Å². The largest absolute Gasteiger partial charge is 0.444 e. The van der Waals surface area contributed by atoms with Crippen molar-refractivity contribution < 1.29 is 27.9 Å². The van der Waals surface area contributed by atoms with Crippen LogP contribution in [0.5, 0.6) is 0 Å². The molecule has 0 aliphatic carbocycles. The minimum Gasteiger partial charge on any atom is -0.444 e. The predicted octanol–water partition coefficient (Wildman–Crippen LogP) is 5.21. The van der Waals surface area contributed by atoms with Gasteiger partial charge >= 0.3 is 6.09 Å². The van der Waals surface area contributed by atoms with Crippen molar-refractivity contribution in [3.05, 3.63) is 53.3 Å². The maximum atomic E-state index is 14.7. The molecule has 1 aliphatic rings. The molecule has 0 saturated carbocycles. The number of methoxy groups -OCH3 is 1. The number of hydrogen-bond acceptors (Lipinski definition) is 7. The number of aromatic amines is 1. The second-order valence-electron chi connectivity index (χ2n) is 10.6. The van der Waals surface area contributed by atoms with Crippen LogP contribution in [-0.2, 0) is 16.1 Å². The zero-order valence-corrected chi connectivity index (χ0v) is 22.7. The van der Waals surface area contributed by atoms with E-state index in [-0.39, 0.29) is 35.4 Å². The van der Waals surface area contributed by atoms with Gasteiger partial charge in [-0.1, -0.05) is 0 Å².